The van der Waals surface area contributed by atoms with Gasteiger partial charge in [-0.25, -0.2) is 0 Å². The van der Waals surface area contributed by atoms with E-state index in [4.69, 9.17) is 0 Å². The highest BCUT2D eigenvalue weighted by molar-refractivity contribution is 5.73. The van der Waals surface area contributed by atoms with E-state index in [1.165, 1.54) is 7.11 Å². The third-order valence-corrected chi connectivity index (χ3v) is 2.46. The molecular weight excluding hydrogens is 204 g/mol. The molecule has 0 atom stereocenters. The average Bonchev–Trinajstić information content (AvgIpc) is 2.29. The van der Waals surface area contributed by atoms with Crippen molar-refractivity contribution in [3.63, 3.8) is 0 Å². The molecule has 0 radical (unpaired) electrons. The summed E-state index contributed by atoms with van der Waals surface area (Å²) < 4.78 is 4.64. The molecule has 0 bridgehead atoms. The number of rotatable bonds is 5. The smallest absolute Gasteiger partial charge is 0.309 e. The number of carbonyl (C=O) groups excluding carboxylic acids is 2. The molecule has 0 unspecified atom stereocenters. The SMILES string of the molecule is COC(=O)Cc1ccc(C)cc1CCC=O. The summed E-state index contributed by atoms with van der Waals surface area (Å²) in [7, 11) is 1.38. The Hall–Kier alpha value is -1.64. The minimum absolute atomic E-state index is 0.254. The molecule has 0 aliphatic carbocycles. The molecule has 0 N–H and O–H groups in total. The zero-order valence-corrected chi connectivity index (χ0v) is 9.66. The van der Waals surface area contributed by atoms with Gasteiger partial charge in [-0.1, -0.05) is 23.8 Å². The Morgan fingerprint density at radius 3 is 2.75 bits per heavy atom. The minimum Gasteiger partial charge on any atom is -0.469 e. The van der Waals surface area contributed by atoms with Crippen molar-refractivity contribution in [1.29, 1.82) is 0 Å². The Labute approximate surface area is 95.4 Å². The molecule has 0 spiro atoms. The van der Waals surface area contributed by atoms with Crippen LogP contribution in [-0.2, 0) is 27.2 Å². The third-order valence-electron chi connectivity index (χ3n) is 2.46. The van der Waals surface area contributed by atoms with E-state index in [1.807, 2.05) is 25.1 Å². The van der Waals surface area contributed by atoms with Gasteiger partial charge in [-0.15, -0.1) is 0 Å². The first-order valence-corrected chi connectivity index (χ1v) is 5.26. The molecule has 0 aliphatic rings. The zero-order valence-electron chi connectivity index (χ0n) is 9.66. The van der Waals surface area contributed by atoms with Gasteiger partial charge < -0.3 is 9.53 Å². The van der Waals surface area contributed by atoms with Crippen molar-refractivity contribution in [3.8, 4) is 0 Å². The van der Waals surface area contributed by atoms with Crippen LogP contribution in [0.4, 0.5) is 0 Å². The Balaban J connectivity index is 2.88. The molecule has 0 heterocycles. The van der Waals surface area contributed by atoms with Crippen molar-refractivity contribution in [1.82, 2.24) is 0 Å². The highest BCUT2D eigenvalue weighted by Gasteiger charge is 2.08. The van der Waals surface area contributed by atoms with Crippen LogP contribution >= 0.6 is 0 Å². The lowest BCUT2D eigenvalue weighted by Gasteiger charge is -2.08. The van der Waals surface area contributed by atoms with E-state index < -0.39 is 0 Å². The Kier molecular flexibility index (Phi) is 4.70. The van der Waals surface area contributed by atoms with Crippen molar-refractivity contribution >= 4 is 12.3 Å². The van der Waals surface area contributed by atoms with Gasteiger partial charge in [0.2, 0.25) is 0 Å². The molecule has 0 amide bonds. The van der Waals surface area contributed by atoms with E-state index in [0.29, 0.717) is 12.8 Å². The molecule has 0 aromatic heterocycles. The van der Waals surface area contributed by atoms with Crippen LogP contribution in [0.3, 0.4) is 0 Å². The summed E-state index contributed by atoms with van der Waals surface area (Å²) >= 11 is 0. The van der Waals surface area contributed by atoms with E-state index in [0.717, 1.165) is 23.0 Å². The summed E-state index contributed by atoms with van der Waals surface area (Å²) in [5, 5.41) is 0. The van der Waals surface area contributed by atoms with E-state index in [9.17, 15) is 9.59 Å². The van der Waals surface area contributed by atoms with Gasteiger partial charge in [0.25, 0.3) is 0 Å². The number of carbonyl (C=O) groups is 2. The topological polar surface area (TPSA) is 43.4 Å². The van der Waals surface area contributed by atoms with Gasteiger partial charge in [0.15, 0.2) is 0 Å². The van der Waals surface area contributed by atoms with Crippen LogP contribution in [-0.4, -0.2) is 19.4 Å². The molecule has 0 aliphatic heterocycles. The van der Waals surface area contributed by atoms with Crippen LogP contribution in [0.2, 0.25) is 0 Å². The van der Waals surface area contributed by atoms with Gasteiger partial charge >= 0.3 is 5.97 Å². The average molecular weight is 220 g/mol. The number of aldehydes is 1. The van der Waals surface area contributed by atoms with Gasteiger partial charge in [-0.2, -0.15) is 0 Å². The number of benzene rings is 1. The standard InChI is InChI=1S/C13H16O3/c1-10-5-6-12(9-13(15)16-2)11(8-10)4-3-7-14/h5-8H,3-4,9H2,1-2H3. The summed E-state index contributed by atoms with van der Waals surface area (Å²) in [5.74, 6) is -0.254. The first-order valence-electron chi connectivity index (χ1n) is 5.26. The second-order valence-corrected chi connectivity index (χ2v) is 3.73. The maximum absolute atomic E-state index is 11.2. The number of hydrogen-bond acceptors (Lipinski definition) is 3. The molecule has 1 aromatic rings. The molecule has 0 saturated heterocycles. The summed E-state index contributed by atoms with van der Waals surface area (Å²) in [6.45, 7) is 1.99. The maximum atomic E-state index is 11.2. The normalized spacial score (nSPS) is 9.88. The zero-order chi connectivity index (χ0) is 12.0. The number of hydrogen-bond donors (Lipinski definition) is 0. The predicted octanol–water partition coefficient (Wildman–Crippen LogP) is 1.84. The van der Waals surface area contributed by atoms with Gasteiger partial charge in [-0.05, 0) is 24.5 Å². The first-order chi connectivity index (χ1) is 7.67. The van der Waals surface area contributed by atoms with Crippen LogP contribution in [0.5, 0.6) is 0 Å². The highest BCUT2D eigenvalue weighted by Crippen LogP contribution is 2.14. The monoisotopic (exact) mass is 220 g/mol. The summed E-state index contributed by atoms with van der Waals surface area (Å²) in [6.07, 6.45) is 2.32. The maximum Gasteiger partial charge on any atom is 0.309 e. The van der Waals surface area contributed by atoms with Crippen molar-refractivity contribution < 1.29 is 14.3 Å². The number of methoxy groups -OCH3 is 1. The lowest BCUT2D eigenvalue weighted by atomic mass is 9.98. The van der Waals surface area contributed by atoms with E-state index in [-0.39, 0.29) is 12.4 Å². The predicted molar refractivity (Wildman–Crippen MR) is 61.3 cm³/mol. The Bertz CT molecular complexity index is 383. The molecule has 0 fully saturated rings. The van der Waals surface area contributed by atoms with E-state index in [2.05, 4.69) is 4.74 Å². The molecule has 3 nitrogen and oxygen atoms in total. The van der Waals surface area contributed by atoms with Crippen molar-refractivity contribution in [2.45, 2.75) is 26.2 Å². The second-order valence-electron chi connectivity index (χ2n) is 3.73. The van der Waals surface area contributed by atoms with Crippen molar-refractivity contribution in [2.24, 2.45) is 0 Å². The Morgan fingerprint density at radius 2 is 2.12 bits per heavy atom. The molecule has 0 saturated carbocycles. The lowest BCUT2D eigenvalue weighted by molar-refractivity contribution is -0.139. The van der Waals surface area contributed by atoms with Gasteiger partial charge in [0.1, 0.15) is 6.29 Å². The molecule has 1 aromatic carbocycles. The number of ether oxygens (including phenoxy) is 1. The molecular formula is C13H16O3. The molecule has 1 rings (SSSR count). The van der Waals surface area contributed by atoms with Gasteiger partial charge in [0.05, 0.1) is 13.5 Å². The molecule has 16 heavy (non-hydrogen) atoms. The van der Waals surface area contributed by atoms with Crippen molar-refractivity contribution in [2.75, 3.05) is 7.11 Å². The fraction of sp³-hybridized carbons (Fsp3) is 0.385. The van der Waals surface area contributed by atoms with E-state index in [1.54, 1.807) is 0 Å². The quantitative estimate of drug-likeness (QED) is 0.561. The van der Waals surface area contributed by atoms with Gasteiger partial charge in [-0.3, -0.25) is 4.79 Å². The van der Waals surface area contributed by atoms with Crippen LogP contribution in [0.25, 0.3) is 0 Å². The second kappa shape index (κ2) is 6.05. The van der Waals surface area contributed by atoms with Crippen LogP contribution in [0.15, 0.2) is 18.2 Å². The van der Waals surface area contributed by atoms with Gasteiger partial charge in [0, 0.05) is 6.42 Å². The fourth-order valence-corrected chi connectivity index (χ4v) is 1.60. The lowest BCUT2D eigenvalue weighted by Crippen LogP contribution is -2.07. The fourth-order valence-electron chi connectivity index (χ4n) is 1.60. The first kappa shape index (κ1) is 12.4. The summed E-state index contributed by atoms with van der Waals surface area (Å²) in [6, 6.07) is 5.90. The van der Waals surface area contributed by atoms with E-state index >= 15 is 0 Å². The molecule has 3 heteroatoms. The summed E-state index contributed by atoms with van der Waals surface area (Å²) in [5.41, 5.74) is 3.13. The number of aryl methyl sites for hydroxylation is 2. The summed E-state index contributed by atoms with van der Waals surface area (Å²) in [4.78, 5) is 21.6. The van der Waals surface area contributed by atoms with Crippen molar-refractivity contribution in [3.05, 3.63) is 34.9 Å². The van der Waals surface area contributed by atoms with Crippen LogP contribution in [0, 0.1) is 6.92 Å². The minimum atomic E-state index is -0.254. The Morgan fingerprint density at radius 1 is 1.38 bits per heavy atom. The number of esters is 1. The largest absolute Gasteiger partial charge is 0.469 e. The molecule has 86 valence electrons. The third kappa shape index (κ3) is 3.50. The van der Waals surface area contributed by atoms with Crippen LogP contribution in [0.1, 0.15) is 23.1 Å². The van der Waals surface area contributed by atoms with Crippen LogP contribution < -0.4 is 0 Å². The highest BCUT2D eigenvalue weighted by atomic mass is 16.5.